The molecule has 0 spiro atoms. The van der Waals surface area contributed by atoms with Crippen molar-refractivity contribution < 1.29 is 18.9 Å². The third-order valence-corrected chi connectivity index (χ3v) is 5.14. The predicted octanol–water partition coefficient (Wildman–Crippen LogP) is 2.58. The first-order valence-corrected chi connectivity index (χ1v) is 9.33. The lowest BCUT2D eigenvalue weighted by atomic mass is 10.1. The Morgan fingerprint density at radius 3 is 2.80 bits per heavy atom. The maximum absolute atomic E-state index is 12.9. The summed E-state index contributed by atoms with van der Waals surface area (Å²) in [5.74, 6) is -1.27. The van der Waals surface area contributed by atoms with Crippen LogP contribution in [0.1, 0.15) is 28.8 Å². The van der Waals surface area contributed by atoms with Gasteiger partial charge in [0.05, 0.1) is 10.4 Å². The summed E-state index contributed by atoms with van der Waals surface area (Å²) in [6, 6.07) is 8.28. The van der Waals surface area contributed by atoms with Gasteiger partial charge in [0.15, 0.2) is 5.58 Å². The van der Waals surface area contributed by atoms with E-state index in [0.717, 1.165) is 0 Å². The van der Waals surface area contributed by atoms with E-state index in [0.29, 0.717) is 47.3 Å². The van der Waals surface area contributed by atoms with Crippen molar-refractivity contribution >= 4 is 34.3 Å². The molecule has 0 radical (unpaired) electrons. The fourth-order valence-electron chi connectivity index (χ4n) is 3.70. The number of rotatable bonds is 4. The van der Waals surface area contributed by atoms with Crippen molar-refractivity contribution in [1.29, 1.82) is 0 Å². The summed E-state index contributed by atoms with van der Waals surface area (Å²) in [4.78, 5) is 51.5. The maximum atomic E-state index is 12.9. The van der Waals surface area contributed by atoms with Crippen molar-refractivity contribution in [1.82, 2.24) is 9.88 Å². The Balaban J connectivity index is 1.52. The topological polar surface area (TPSA) is 139 Å². The van der Waals surface area contributed by atoms with Crippen molar-refractivity contribution in [2.75, 3.05) is 11.9 Å². The predicted molar refractivity (Wildman–Crippen MR) is 107 cm³/mol. The van der Waals surface area contributed by atoms with Crippen molar-refractivity contribution in [2.24, 2.45) is 0 Å². The molecule has 0 aliphatic carbocycles. The molecule has 1 saturated heterocycles. The first-order chi connectivity index (χ1) is 14.3. The van der Waals surface area contributed by atoms with Crippen molar-refractivity contribution in [3.63, 3.8) is 0 Å². The molecule has 0 bridgehead atoms. The molecule has 0 saturated carbocycles. The molecule has 154 valence electrons. The normalized spacial score (nSPS) is 16.0. The van der Waals surface area contributed by atoms with E-state index in [-0.39, 0.29) is 17.5 Å². The number of aromatic amines is 1. The Hall–Kier alpha value is -3.95. The van der Waals surface area contributed by atoms with Gasteiger partial charge in [-0.2, -0.15) is 0 Å². The van der Waals surface area contributed by atoms with E-state index in [1.807, 2.05) is 0 Å². The van der Waals surface area contributed by atoms with Gasteiger partial charge >= 0.3 is 5.76 Å². The first-order valence-electron chi connectivity index (χ1n) is 9.33. The van der Waals surface area contributed by atoms with E-state index in [1.165, 1.54) is 23.1 Å². The number of amides is 2. The minimum atomic E-state index is -0.660. The van der Waals surface area contributed by atoms with Crippen molar-refractivity contribution in [2.45, 2.75) is 25.8 Å². The van der Waals surface area contributed by atoms with Gasteiger partial charge in [-0.05, 0) is 50.1 Å². The molecule has 2 heterocycles. The van der Waals surface area contributed by atoms with Crippen LogP contribution >= 0.6 is 0 Å². The number of fused-ring (bicyclic) bond motifs is 1. The van der Waals surface area contributed by atoms with E-state index < -0.39 is 16.7 Å². The van der Waals surface area contributed by atoms with Crippen LogP contribution in [0.4, 0.5) is 11.4 Å². The van der Waals surface area contributed by atoms with Crippen LogP contribution in [0.15, 0.2) is 45.6 Å². The third kappa shape index (κ3) is 3.54. The summed E-state index contributed by atoms with van der Waals surface area (Å²) in [5, 5.41) is 13.8. The van der Waals surface area contributed by atoms with Crippen LogP contribution in [0.5, 0.6) is 0 Å². The minimum absolute atomic E-state index is 0.0602. The number of nitro groups is 1. The fraction of sp³-hybridized carbons (Fsp3) is 0.250. The standard InChI is InChI=1S/C20H18N4O6/c1-11-9-12(4-6-15(11)24(28)29)19(26)23-8-2-3-16(23)18(25)21-13-5-7-17-14(10-13)22-20(27)30-17/h4-7,9-10,16H,2-3,8H2,1H3,(H,21,25)(H,22,27). The van der Waals surface area contributed by atoms with Gasteiger partial charge in [0, 0.05) is 29.4 Å². The van der Waals surface area contributed by atoms with E-state index in [4.69, 9.17) is 4.42 Å². The number of aryl methyl sites for hydroxylation is 1. The highest BCUT2D eigenvalue weighted by molar-refractivity contribution is 6.02. The van der Waals surface area contributed by atoms with Gasteiger partial charge in [0.2, 0.25) is 5.91 Å². The van der Waals surface area contributed by atoms with Crippen LogP contribution in [-0.2, 0) is 4.79 Å². The Labute approximate surface area is 169 Å². The Bertz CT molecular complexity index is 1230. The fourth-order valence-corrected chi connectivity index (χ4v) is 3.70. The molecule has 2 amide bonds. The Kier molecular flexibility index (Phi) is 4.82. The van der Waals surface area contributed by atoms with Crippen LogP contribution in [0, 0.1) is 17.0 Å². The molecule has 1 atom stereocenters. The number of oxazole rings is 1. The zero-order valence-electron chi connectivity index (χ0n) is 16.0. The highest BCUT2D eigenvalue weighted by atomic mass is 16.6. The van der Waals surface area contributed by atoms with Gasteiger partial charge in [0.25, 0.3) is 11.6 Å². The van der Waals surface area contributed by atoms with Gasteiger partial charge in [-0.1, -0.05) is 0 Å². The van der Waals surface area contributed by atoms with Crippen LogP contribution in [0.3, 0.4) is 0 Å². The lowest BCUT2D eigenvalue weighted by molar-refractivity contribution is -0.385. The number of aromatic nitrogens is 1. The van der Waals surface area contributed by atoms with Gasteiger partial charge < -0.3 is 14.6 Å². The number of nitrogens with zero attached hydrogens (tertiary/aromatic N) is 2. The minimum Gasteiger partial charge on any atom is -0.408 e. The lowest BCUT2D eigenvalue weighted by Gasteiger charge is -2.24. The molecule has 1 aliphatic rings. The number of hydrogen-bond donors (Lipinski definition) is 2. The zero-order valence-corrected chi connectivity index (χ0v) is 16.0. The van der Waals surface area contributed by atoms with Crippen LogP contribution in [0.25, 0.3) is 11.1 Å². The maximum Gasteiger partial charge on any atom is 0.417 e. The molecule has 2 aromatic carbocycles. The molecule has 1 unspecified atom stereocenters. The van der Waals surface area contributed by atoms with Gasteiger partial charge in [-0.15, -0.1) is 0 Å². The van der Waals surface area contributed by atoms with Crippen molar-refractivity contribution in [3.8, 4) is 0 Å². The average molecular weight is 410 g/mol. The first kappa shape index (κ1) is 19.4. The zero-order chi connectivity index (χ0) is 21.4. The monoisotopic (exact) mass is 410 g/mol. The summed E-state index contributed by atoms with van der Waals surface area (Å²) >= 11 is 0. The molecule has 30 heavy (non-hydrogen) atoms. The molecule has 4 rings (SSSR count). The number of nitrogens with one attached hydrogen (secondary N) is 2. The highest BCUT2D eigenvalue weighted by Crippen LogP contribution is 2.25. The summed E-state index contributed by atoms with van der Waals surface area (Å²) in [6.07, 6.45) is 1.18. The number of carbonyl (C=O) groups is 2. The second-order valence-electron chi connectivity index (χ2n) is 7.13. The van der Waals surface area contributed by atoms with E-state index in [1.54, 1.807) is 25.1 Å². The summed E-state index contributed by atoms with van der Waals surface area (Å²) in [5.41, 5.74) is 1.93. The van der Waals surface area contributed by atoms with Crippen LogP contribution in [-0.4, -0.2) is 39.2 Å². The smallest absolute Gasteiger partial charge is 0.408 e. The molecule has 2 N–H and O–H groups in total. The highest BCUT2D eigenvalue weighted by Gasteiger charge is 2.35. The molecule has 1 aliphatic heterocycles. The molecule has 3 aromatic rings. The molecular formula is C20H18N4O6. The molecule has 1 fully saturated rings. The quantitative estimate of drug-likeness (QED) is 0.501. The number of carbonyl (C=O) groups excluding carboxylic acids is 2. The van der Waals surface area contributed by atoms with Crippen LogP contribution in [0.2, 0.25) is 0 Å². The van der Waals surface area contributed by atoms with Crippen LogP contribution < -0.4 is 11.1 Å². The number of likely N-dealkylation sites (tertiary alicyclic amines) is 1. The summed E-state index contributed by atoms with van der Waals surface area (Å²) in [6.45, 7) is 1.99. The molecule has 1 aromatic heterocycles. The Morgan fingerprint density at radius 2 is 2.07 bits per heavy atom. The number of H-pyrrole nitrogens is 1. The van der Waals surface area contributed by atoms with Gasteiger partial charge in [-0.25, -0.2) is 4.79 Å². The number of nitro benzene ring substituents is 1. The van der Waals surface area contributed by atoms with Gasteiger partial charge in [-0.3, -0.25) is 24.7 Å². The molecular weight excluding hydrogens is 392 g/mol. The molecule has 10 nitrogen and oxygen atoms in total. The lowest BCUT2D eigenvalue weighted by Crippen LogP contribution is -2.43. The largest absolute Gasteiger partial charge is 0.417 e. The third-order valence-electron chi connectivity index (χ3n) is 5.14. The number of anilines is 1. The van der Waals surface area contributed by atoms with Crippen molar-refractivity contribution in [3.05, 3.63) is 68.2 Å². The van der Waals surface area contributed by atoms with E-state index >= 15 is 0 Å². The van der Waals surface area contributed by atoms with Gasteiger partial charge in [0.1, 0.15) is 6.04 Å². The average Bonchev–Trinajstić information content (AvgIpc) is 3.32. The second-order valence-corrected chi connectivity index (χ2v) is 7.13. The number of benzene rings is 2. The van der Waals surface area contributed by atoms with E-state index in [9.17, 15) is 24.5 Å². The van der Waals surface area contributed by atoms with E-state index in [2.05, 4.69) is 10.3 Å². The SMILES string of the molecule is Cc1cc(C(=O)N2CCCC2C(=O)Nc2ccc3oc(=O)[nH]c3c2)ccc1[N+](=O)[O-]. The second kappa shape index (κ2) is 7.47. The number of hydrogen-bond acceptors (Lipinski definition) is 6. The molecule has 10 heteroatoms. The Morgan fingerprint density at radius 1 is 1.27 bits per heavy atom. The summed E-state index contributed by atoms with van der Waals surface area (Å²) in [7, 11) is 0. The summed E-state index contributed by atoms with van der Waals surface area (Å²) < 4.78 is 4.94.